The van der Waals surface area contributed by atoms with Crippen molar-refractivity contribution in [3.63, 3.8) is 0 Å². The third-order valence-corrected chi connectivity index (χ3v) is 2.86. The highest BCUT2D eigenvalue weighted by atomic mass is 16.5. The maximum atomic E-state index is 11.4. The second kappa shape index (κ2) is 4.21. The Balaban J connectivity index is 1.99. The molecule has 0 aromatic carbocycles. The maximum absolute atomic E-state index is 11.4. The van der Waals surface area contributed by atoms with E-state index >= 15 is 0 Å². The fourth-order valence-corrected chi connectivity index (χ4v) is 1.77. The highest BCUT2D eigenvalue weighted by molar-refractivity contribution is 5.90. The van der Waals surface area contributed by atoms with Crippen LogP contribution in [0.15, 0.2) is 4.52 Å². The zero-order valence-corrected chi connectivity index (χ0v) is 9.32. The molecule has 6 heteroatoms. The normalized spacial score (nSPS) is 17.9. The topological polar surface area (TPSA) is 94.0 Å². The van der Waals surface area contributed by atoms with Gasteiger partial charge in [-0.15, -0.1) is 0 Å². The fourth-order valence-electron chi connectivity index (χ4n) is 1.77. The average molecular weight is 224 g/mol. The van der Waals surface area contributed by atoms with Crippen LogP contribution >= 0.6 is 0 Å². The van der Waals surface area contributed by atoms with Gasteiger partial charge in [-0.2, -0.15) is 4.98 Å². The molecule has 6 nitrogen and oxygen atoms in total. The number of aromatic nitrogens is 2. The third-order valence-electron chi connectivity index (χ3n) is 2.86. The largest absolute Gasteiger partial charge is 0.349 e. The highest BCUT2D eigenvalue weighted by Gasteiger charge is 2.34. The van der Waals surface area contributed by atoms with E-state index in [1.165, 1.54) is 0 Å². The van der Waals surface area contributed by atoms with Gasteiger partial charge >= 0.3 is 0 Å². The van der Waals surface area contributed by atoms with Crippen LogP contribution < -0.4 is 11.1 Å². The third kappa shape index (κ3) is 2.21. The standard InChI is InChI=1S/C10H16N4O2/c1-2-12-9(15)8-13-7(16-14-8)6-10(11)4-3-5-10/h2-6,11H2,1H3,(H,12,15). The van der Waals surface area contributed by atoms with Gasteiger partial charge in [-0.3, -0.25) is 4.79 Å². The summed E-state index contributed by atoms with van der Waals surface area (Å²) < 4.78 is 5.00. The molecule has 1 heterocycles. The summed E-state index contributed by atoms with van der Waals surface area (Å²) in [4.78, 5) is 15.4. The van der Waals surface area contributed by atoms with Crippen molar-refractivity contribution in [2.75, 3.05) is 6.54 Å². The molecule has 1 aromatic rings. The van der Waals surface area contributed by atoms with E-state index in [4.69, 9.17) is 10.3 Å². The van der Waals surface area contributed by atoms with Crippen LogP contribution in [-0.4, -0.2) is 28.1 Å². The lowest BCUT2D eigenvalue weighted by atomic mass is 9.75. The molecule has 0 atom stereocenters. The van der Waals surface area contributed by atoms with Crippen molar-refractivity contribution in [3.05, 3.63) is 11.7 Å². The van der Waals surface area contributed by atoms with Crippen LogP contribution in [0.4, 0.5) is 0 Å². The molecule has 0 aliphatic heterocycles. The summed E-state index contributed by atoms with van der Waals surface area (Å²) >= 11 is 0. The van der Waals surface area contributed by atoms with Gasteiger partial charge in [0.05, 0.1) is 0 Å². The molecule has 0 radical (unpaired) electrons. The summed E-state index contributed by atoms with van der Waals surface area (Å²) in [5, 5.41) is 6.23. The second-order valence-electron chi connectivity index (χ2n) is 4.26. The van der Waals surface area contributed by atoms with Gasteiger partial charge < -0.3 is 15.6 Å². The SMILES string of the molecule is CCNC(=O)c1noc(CC2(N)CCC2)n1. The number of amides is 1. The zero-order valence-electron chi connectivity index (χ0n) is 9.32. The molecular weight excluding hydrogens is 208 g/mol. The first kappa shape index (κ1) is 11.1. The number of carbonyl (C=O) groups excluding carboxylic acids is 1. The first-order chi connectivity index (χ1) is 7.63. The smallest absolute Gasteiger partial charge is 0.292 e. The van der Waals surface area contributed by atoms with Crippen molar-refractivity contribution < 1.29 is 9.32 Å². The van der Waals surface area contributed by atoms with Gasteiger partial charge in [0, 0.05) is 18.5 Å². The summed E-state index contributed by atoms with van der Waals surface area (Å²) in [6, 6.07) is 0. The number of nitrogens with two attached hydrogens (primary N) is 1. The number of hydrogen-bond acceptors (Lipinski definition) is 5. The molecule has 88 valence electrons. The van der Waals surface area contributed by atoms with E-state index < -0.39 is 0 Å². The minimum Gasteiger partial charge on any atom is -0.349 e. The van der Waals surface area contributed by atoms with Gasteiger partial charge in [0.1, 0.15) is 0 Å². The summed E-state index contributed by atoms with van der Waals surface area (Å²) in [7, 11) is 0. The zero-order chi connectivity index (χ0) is 11.6. The van der Waals surface area contributed by atoms with Crippen LogP contribution in [0.3, 0.4) is 0 Å². The Kier molecular flexibility index (Phi) is 2.91. The number of nitrogens with zero attached hydrogens (tertiary/aromatic N) is 2. The monoisotopic (exact) mass is 224 g/mol. The fraction of sp³-hybridized carbons (Fsp3) is 0.700. The lowest BCUT2D eigenvalue weighted by Gasteiger charge is -2.36. The molecule has 1 amide bonds. The van der Waals surface area contributed by atoms with E-state index in [1.807, 2.05) is 6.92 Å². The van der Waals surface area contributed by atoms with Crippen LogP contribution in [0, 0.1) is 0 Å². The molecule has 0 saturated heterocycles. The second-order valence-corrected chi connectivity index (χ2v) is 4.26. The van der Waals surface area contributed by atoms with E-state index in [9.17, 15) is 4.79 Å². The highest BCUT2D eigenvalue weighted by Crippen LogP contribution is 2.31. The molecule has 0 spiro atoms. The average Bonchev–Trinajstić information content (AvgIpc) is 2.64. The van der Waals surface area contributed by atoms with E-state index in [-0.39, 0.29) is 17.3 Å². The molecule has 1 saturated carbocycles. The van der Waals surface area contributed by atoms with Gasteiger partial charge in [0.2, 0.25) is 5.89 Å². The van der Waals surface area contributed by atoms with E-state index in [0.717, 1.165) is 19.3 Å². The lowest BCUT2D eigenvalue weighted by Crippen LogP contribution is -2.48. The van der Waals surface area contributed by atoms with E-state index in [2.05, 4.69) is 15.5 Å². The predicted molar refractivity (Wildman–Crippen MR) is 56.8 cm³/mol. The van der Waals surface area contributed by atoms with Crippen molar-refractivity contribution in [1.82, 2.24) is 15.5 Å². The Morgan fingerprint density at radius 3 is 2.94 bits per heavy atom. The summed E-state index contributed by atoms with van der Waals surface area (Å²) in [6.07, 6.45) is 3.66. The van der Waals surface area contributed by atoms with Crippen molar-refractivity contribution in [3.8, 4) is 0 Å². The van der Waals surface area contributed by atoms with Gasteiger partial charge in [0.15, 0.2) is 0 Å². The Labute approximate surface area is 93.6 Å². The molecule has 1 aromatic heterocycles. The maximum Gasteiger partial charge on any atom is 0.292 e. The Bertz CT molecular complexity index is 384. The number of carbonyl (C=O) groups is 1. The predicted octanol–water partition coefficient (Wildman–Crippen LogP) is 0.243. The van der Waals surface area contributed by atoms with Gasteiger partial charge in [-0.25, -0.2) is 0 Å². The summed E-state index contributed by atoms with van der Waals surface area (Å²) in [5.74, 6) is 0.223. The molecule has 1 fully saturated rings. The van der Waals surface area contributed by atoms with Gasteiger partial charge in [-0.1, -0.05) is 5.16 Å². The Morgan fingerprint density at radius 2 is 2.38 bits per heavy atom. The summed E-state index contributed by atoms with van der Waals surface area (Å²) in [6.45, 7) is 2.38. The summed E-state index contributed by atoms with van der Waals surface area (Å²) in [5.41, 5.74) is 5.85. The molecule has 0 bridgehead atoms. The molecule has 16 heavy (non-hydrogen) atoms. The van der Waals surface area contributed by atoms with Crippen molar-refractivity contribution in [2.24, 2.45) is 5.73 Å². The first-order valence-corrected chi connectivity index (χ1v) is 5.53. The molecule has 0 unspecified atom stereocenters. The lowest BCUT2D eigenvalue weighted by molar-refractivity contribution is 0.0942. The molecule has 2 rings (SSSR count). The Hall–Kier alpha value is -1.43. The number of rotatable bonds is 4. The van der Waals surface area contributed by atoms with Crippen LogP contribution in [-0.2, 0) is 6.42 Å². The van der Waals surface area contributed by atoms with Gasteiger partial charge in [-0.05, 0) is 26.2 Å². The number of nitrogens with one attached hydrogen (secondary N) is 1. The molecular formula is C10H16N4O2. The van der Waals surface area contributed by atoms with Crippen molar-refractivity contribution in [2.45, 2.75) is 38.1 Å². The van der Waals surface area contributed by atoms with E-state index in [0.29, 0.717) is 18.9 Å². The molecule has 3 N–H and O–H groups in total. The van der Waals surface area contributed by atoms with E-state index in [1.54, 1.807) is 0 Å². The first-order valence-electron chi connectivity index (χ1n) is 5.53. The number of hydrogen-bond donors (Lipinski definition) is 2. The van der Waals surface area contributed by atoms with Crippen LogP contribution in [0.1, 0.15) is 42.7 Å². The minimum absolute atomic E-state index is 0.0831. The quantitative estimate of drug-likeness (QED) is 0.764. The van der Waals surface area contributed by atoms with Crippen LogP contribution in [0.2, 0.25) is 0 Å². The van der Waals surface area contributed by atoms with Gasteiger partial charge in [0.25, 0.3) is 11.7 Å². The molecule has 1 aliphatic rings. The van der Waals surface area contributed by atoms with Crippen molar-refractivity contribution in [1.29, 1.82) is 0 Å². The Morgan fingerprint density at radius 1 is 1.62 bits per heavy atom. The van der Waals surface area contributed by atoms with Crippen molar-refractivity contribution >= 4 is 5.91 Å². The van der Waals surface area contributed by atoms with Crippen LogP contribution in [0.5, 0.6) is 0 Å². The van der Waals surface area contributed by atoms with Crippen LogP contribution in [0.25, 0.3) is 0 Å². The molecule has 1 aliphatic carbocycles. The minimum atomic E-state index is -0.308.